The van der Waals surface area contributed by atoms with Gasteiger partial charge in [-0.3, -0.25) is 4.79 Å². The van der Waals surface area contributed by atoms with E-state index in [0.717, 1.165) is 5.56 Å². The van der Waals surface area contributed by atoms with E-state index in [9.17, 15) is 4.79 Å². The monoisotopic (exact) mass is 275 g/mol. The van der Waals surface area contributed by atoms with Crippen LogP contribution in [0.3, 0.4) is 0 Å². The van der Waals surface area contributed by atoms with Gasteiger partial charge in [0.15, 0.2) is 0 Å². The molecular weight excluding hydrogens is 250 g/mol. The van der Waals surface area contributed by atoms with Crippen LogP contribution in [0.25, 0.3) is 0 Å². The van der Waals surface area contributed by atoms with Gasteiger partial charge in [-0.05, 0) is 36.9 Å². The third-order valence-electron chi connectivity index (χ3n) is 4.31. The van der Waals surface area contributed by atoms with Crippen LogP contribution in [-0.2, 0) is 9.53 Å². The molecule has 0 radical (unpaired) electrons. The first-order chi connectivity index (χ1) is 9.76. The van der Waals surface area contributed by atoms with Crippen LogP contribution in [0.2, 0.25) is 0 Å². The molecule has 0 bridgehead atoms. The minimum atomic E-state index is -0.217. The lowest BCUT2D eigenvalue weighted by atomic mass is 9.83. The highest BCUT2D eigenvalue weighted by molar-refractivity contribution is 5.78. The molecule has 1 N–H and O–H groups in total. The summed E-state index contributed by atoms with van der Waals surface area (Å²) in [6, 6.07) is 8.56. The molecule has 0 aliphatic heterocycles. The summed E-state index contributed by atoms with van der Waals surface area (Å²) in [4.78, 5) is 11.8. The molecular formula is C17H25NO2. The van der Waals surface area contributed by atoms with E-state index < -0.39 is 0 Å². The van der Waals surface area contributed by atoms with E-state index in [2.05, 4.69) is 29.6 Å². The number of benzene rings is 1. The van der Waals surface area contributed by atoms with E-state index in [4.69, 9.17) is 4.74 Å². The molecule has 1 atom stereocenters. The van der Waals surface area contributed by atoms with Crippen LogP contribution in [0.15, 0.2) is 24.3 Å². The quantitative estimate of drug-likeness (QED) is 0.839. The molecule has 20 heavy (non-hydrogen) atoms. The molecule has 0 spiro atoms. The lowest BCUT2D eigenvalue weighted by Crippen LogP contribution is -2.25. The summed E-state index contributed by atoms with van der Waals surface area (Å²) in [7, 11) is 3.30. The summed E-state index contributed by atoms with van der Waals surface area (Å²) in [6.07, 6.45) is 6.67. The Morgan fingerprint density at radius 2 is 1.90 bits per heavy atom. The van der Waals surface area contributed by atoms with Gasteiger partial charge in [0.25, 0.3) is 0 Å². The van der Waals surface area contributed by atoms with Crippen molar-refractivity contribution in [2.45, 2.75) is 43.9 Å². The highest BCUT2D eigenvalue weighted by atomic mass is 16.5. The van der Waals surface area contributed by atoms with Crippen LogP contribution in [-0.4, -0.2) is 26.7 Å². The number of carbonyl (C=O) groups is 1. The standard InChI is InChI=1S/C17H25NO2/c1-18-12-16(17(19)20-2)15-10-8-14(9-11-15)13-6-4-3-5-7-13/h8-11,13,16,18H,3-7,12H2,1-2H3. The summed E-state index contributed by atoms with van der Waals surface area (Å²) in [6.45, 7) is 0.607. The van der Waals surface area contributed by atoms with Crippen molar-refractivity contribution in [3.63, 3.8) is 0 Å². The van der Waals surface area contributed by atoms with E-state index in [1.807, 2.05) is 7.05 Å². The Balaban J connectivity index is 2.10. The summed E-state index contributed by atoms with van der Waals surface area (Å²) < 4.78 is 4.89. The normalized spacial score (nSPS) is 17.7. The van der Waals surface area contributed by atoms with Crippen molar-refractivity contribution in [2.24, 2.45) is 0 Å². The maximum Gasteiger partial charge on any atom is 0.314 e. The first-order valence-corrected chi connectivity index (χ1v) is 7.58. The fourth-order valence-electron chi connectivity index (χ4n) is 3.12. The predicted molar refractivity (Wildman–Crippen MR) is 81.0 cm³/mol. The summed E-state index contributed by atoms with van der Waals surface area (Å²) in [5.41, 5.74) is 2.45. The van der Waals surface area contributed by atoms with Crippen LogP contribution in [0, 0.1) is 0 Å². The molecule has 0 heterocycles. The Labute approximate surface area is 121 Å². The zero-order valence-electron chi connectivity index (χ0n) is 12.5. The molecule has 3 heteroatoms. The minimum Gasteiger partial charge on any atom is -0.469 e. The van der Waals surface area contributed by atoms with E-state index in [0.29, 0.717) is 12.5 Å². The van der Waals surface area contributed by atoms with E-state index >= 15 is 0 Å². The lowest BCUT2D eigenvalue weighted by molar-refractivity contribution is -0.142. The molecule has 1 aliphatic rings. The van der Waals surface area contributed by atoms with Crippen LogP contribution in [0.1, 0.15) is 55.1 Å². The van der Waals surface area contributed by atoms with Crippen molar-refractivity contribution in [1.29, 1.82) is 0 Å². The van der Waals surface area contributed by atoms with Gasteiger partial charge < -0.3 is 10.1 Å². The molecule has 3 nitrogen and oxygen atoms in total. The average molecular weight is 275 g/mol. The Morgan fingerprint density at radius 3 is 2.45 bits per heavy atom. The lowest BCUT2D eigenvalue weighted by Gasteiger charge is -2.22. The first kappa shape index (κ1) is 15.0. The molecule has 0 amide bonds. The van der Waals surface area contributed by atoms with Gasteiger partial charge in [-0.15, -0.1) is 0 Å². The van der Waals surface area contributed by atoms with Crippen molar-refractivity contribution in [3.05, 3.63) is 35.4 Å². The zero-order chi connectivity index (χ0) is 14.4. The van der Waals surface area contributed by atoms with Gasteiger partial charge in [-0.1, -0.05) is 43.5 Å². The minimum absolute atomic E-state index is 0.176. The van der Waals surface area contributed by atoms with Gasteiger partial charge >= 0.3 is 5.97 Å². The van der Waals surface area contributed by atoms with Gasteiger partial charge in [0, 0.05) is 6.54 Å². The predicted octanol–water partition coefficient (Wildman–Crippen LogP) is 3.21. The van der Waals surface area contributed by atoms with Crippen molar-refractivity contribution in [3.8, 4) is 0 Å². The van der Waals surface area contributed by atoms with Crippen molar-refractivity contribution >= 4 is 5.97 Å². The van der Waals surface area contributed by atoms with E-state index in [1.54, 1.807) is 0 Å². The number of hydrogen-bond donors (Lipinski definition) is 1. The molecule has 110 valence electrons. The van der Waals surface area contributed by atoms with Gasteiger partial charge in [0.1, 0.15) is 0 Å². The molecule has 1 aromatic rings. The van der Waals surface area contributed by atoms with Crippen LogP contribution in [0.4, 0.5) is 0 Å². The Morgan fingerprint density at radius 1 is 1.25 bits per heavy atom. The molecule has 1 aliphatic carbocycles. The maximum absolute atomic E-state index is 11.8. The Kier molecular flexibility index (Phi) is 5.60. The summed E-state index contributed by atoms with van der Waals surface area (Å²) in [5, 5.41) is 3.06. The average Bonchev–Trinajstić information content (AvgIpc) is 2.53. The molecule has 2 rings (SSSR count). The van der Waals surface area contributed by atoms with E-state index in [1.165, 1.54) is 44.8 Å². The second-order valence-electron chi connectivity index (χ2n) is 5.64. The third kappa shape index (κ3) is 3.60. The Bertz CT molecular complexity index is 421. The van der Waals surface area contributed by atoms with Gasteiger partial charge in [-0.2, -0.15) is 0 Å². The van der Waals surface area contributed by atoms with Crippen molar-refractivity contribution in [2.75, 3.05) is 20.7 Å². The summed E-state index contributed by atoms with van der Waals surface area (Å²) in [5.74, 6) is 0.314. The highest BCUT2D eigenvalue weighted by Gasteiger charge is 2.21. The van der Waals surface area contributed by atoms with Gasteiger partial charge in [0.05, 0.1) is 13.0 Å². The molecule has 1 unspecified atom stereocenters. The fraction of sp³-hybridized carbons (Fsp3) is 0.588. The third-order valence-corrected chi connectivity index (χ3v) is 4.31. The highest BCUT2D eigenvalue weighted by Crippen LogP contribution is 2.33. The SMILES string of the molecule is CNCC(C(=O)OC)c1ccc(C2CCCCC2)cc1. The van der Waals surface area contributed by atoms with Crippen LogP contribution < -0.4 is 5.32 Å². The number of likely N-dealkylation sites (N-methyl/N-ethyl adjacent to an activating group) is 1. The summed E-state index contributed by atoms with van der Waals surface area (Å²) >= 11 is 0. The van der Waals surface area contributed by atoms with Crippen molar-refractivity contribution in [1.82, 2.24) is 5.32 Å². The number of carbonyl (C=O) groups excluding carboxylic acids is 1. The Hall–Kier alpha value is -1.35. The number of hydrogen-bond acceptors (Lipinski definition) is 3. The molecule has 1 fully saturated rings. The number of esters is 1. The molecule has 1 saturated carbocycles. The number of methoxy groups -OCH3 is 1. The first-order valence-electron chi connectivity index (χ1n) is 7.58. The van der Waals surface area contributed by atoms with Gasteiger partial charge in [-0.25, -0.2) is 0 Å². The smallest absolute Gasteiger partial charge is 0.314 e. The van der Waals surface area contributed by atoms with Crippen LogP contribution in [0.5, 0.6) is 0 Å². The fourth-order valence-corrected chi connectivity index (χ4v) is 3.12. The van der Waals surface area contributed by atoms with Crippen LogP contribution >= 0.6 is 0 Å². The molecule has 0 aromatic heterocycles. The van der Waals surface area contributed by atoms with E-state index in [-0.39, 0.29) is 11.9 Å². The number of nitrogens with one attached hydrogen (secondary N) is 1. The second kappa shape index (κ2) is 7.44. The second-order valence-corrected chi connectivity index (χ2v) is 5.64. The number of rotatable bonds is 5. The number of ether oxygens (including phenoxy) is 1. The van der Waals surface area contributed by atoms with Gasteiger partial charge in [0.2, 0.25) is 0 Å². The van der Waals surface area contributed by atoms with Crippen molar-refractivity contribution < 1.29 is 9.53 Å². The molecule has 1 aromatic carbocycles. The molecule has 0 saturated heterocycles. The topological polar surface area (TPSA) is 38.3 Å². The zero-order valence-corrected chi connectivity index (χ0v) is 12.5. The largest absolute Gasteiger partial charge is 0.469 e. The maximum atomic E-state index is 11.8.